The molecule has 0 fully saturated rings. The molecule has 7 heteroatoms. The van der Waals surface area contributed by atoms with Crippen molar-refractivity contribution >= 4 is 51.8 Å². The Morgan fingerprint density at radius 3 is 2.60 bits per heavy atom. The number of hydrazone groups is 1. The Kier molecular flexibility index (Phi) is 6.02. The fourth-order valence-electron chi connectivity index (χ4n) is 2.92. The number of hydrogen-bond acceptors (Lipinski definition) is 4. The van der Waals surface area contributed by atoms with Crippen molar-refractivity contribution in [2.24, 2.45) is 5.10 Å². The van der Waals surface area contributed by atoms with Gasteiger partial charge in [0.05, 0.1) is 22.8 Å². The van der Waals surface area contributed by atoms with Gasteiger partial charge in [0.15, 0.2) is 0 Å². The summed E-state index contributed by atoms with van der Waals surface area (Å²) >= 11 is 12.0. The number of fused-ring (bicyclic) bond motifs is 1. The van der Waals surface area contributed by atoms with Gasteiger partial charge in [-0.2, -0.15) is 5.10 Å². The molecule has 0 spiro atoms. The van der Waals surface area contributed by atoms with Crippen LogP contribution in [0.25, 0.3) is 22.1 Å². The number of amides is 1. The highest BCUT2D eigenvalue weighted by molar-refractivity contribution is 6.42. The molecule has 0 aliphatic heterocycles. The Bertz CT molecular complexity index is 1230. The molecule has 0 radical (unpaired) electrons. The summed E-state index contributed by atoms with van der Waals surface area (Å²) in [6.07, 6.45) is 1.44. The molecule has 4 rings (SSSR count). The van der Waals surface area contributed by atoms with Crippen LogP contribution in [0.5, 0.6) is 0 Å². The Balaban J connectivity index is 1.31. The summed E-state index contributed by atoms with van der Waals surface area (Å²) in [6, 6.07) is 22.8. The standard InChI is InChI=1S/C23H17Cl2N3O2/c24-20-9-6-17(12-21(20)25)22-10-8-19(30-22)13-27-28-23(29)14-26-18-7-5-15-3-1-2-4-16(15)11-18/h1-13,26H,14H2,(H,28,29)/b27-13-. The third-order valence-corrected chi connectivity index (χ3v) is 5.15. The van der Waals surface area contributed by atoms with Gasteiger partial charge < -0.3 is 9.73 Å². The van der Waals surface area contributed by atoms with Crippen LogP contribution >= 0.6 is 23.2 Å². The molecule has 4 aromatic rings. The number of furan rings is 1. The highest BCUT2D eigenvalue weighted by Crippen LogP contribution is 2.29. The van der Waals surface area contributed by atoms with Crippen LogP contribution in [0.1, 0.15) is 5.76 Å². The van der Waals surface area contributed by atoms with E-state index >= 15 is 0 Å². The highest BCUT2D eigenvalue weighted by Gasteiger charge is 2.06. The van der Waals surface area contributed by atoms with Gasteiger partial charge in [0.1, 0.15) is 11.5 Å². The van der Waals surface area contributed by atoms with Crippen LogP contribution in [0.3, 0.4) is 0 Å². The lowest BCUT2D eigenvalue weighted by atomic mass is 10.1. The Morgan fingerprint density at radius 2 is 1.77 bits per heavy atom. The lowest BCUT2D eigenvalue weighted by Crippen LogP contribution is -2.25. The van der Waals surface area contributed by atoms with E-state index in [1.165, 1.54) is 6.21 Å². The molecule has 5 nitrogen and oxygen atoms in total. The third kappa shape index (κ3) is 4.82. The van der Waals surface area contributed by atoms with Gasteiger partial charge in [0, 0.05) is 11.3 Å². The average Bonchev–Trinajstić information content (AvgIpc) is 3.23. The zero-order chi connectivity index (χ0) is 20.9. The summed E-state index contributed by atoms with van der Waals surface area (Å²) in [6.45, 7) is 0.0996. The number of nitrogens with zero attached hydrogens (tertiary/aromatic N) is 1. The quantitative estimate of drug-likeness (QED) is 0.288. The zero-order valence-corrected chi connectivity index (χ0v) is 17.2. The summed E-state index contributed by atoms with van der Waals surface area (Å²) < 4.78 is 5.70. The average molecular weight is 438 g/mol. The molecule has 0 bridgehead atoms. The minimum absolute atomic E-state index is 0.0996. The molecule has 2 N–H and O–H groups in total. The van der Waals surface area contributed by atoms with E-state index in [1.54, 1.807) is 24.3 Å². The Labute approximate surface area is 183 Å². The van der Waals surface area contributed by atoms with Gasteiger partial charge in [-0.3, -0.25) is 4.79 Å². The number of rotatable bonds is 6. The molecule has 0 aliphatic carbocycles. The van der Waals surface area contributed by atoms with Crippen molar-refractivity contribution in [3.05, 3.63) is 88.6 Å². The van der Waals surface area contributed by atoms with E-state index in [1.807, 2.05) is 48.5 Å². The highest BCUT2D eigenvalue weighted by atomic mass is 35.5. The normalized spacial score (nSPS) is 11.1. The van der Waals surface area contributed by atoms with Gasteiger partial charge in [-0.05, 0) is 53.2 Å². The Hall–Kier alpha value is -3.28. The lowest BCUT2D eigenvalue weighted by Gasteiger charge is -2.06. The number of carbonyl (C=O) groups is 1. The van der Waals surface area contributed by atoms with E-state index < -0.39 is 0 Å². The number of carbonyl (C=O) groups excluding carboxylic acids is 1. The van der Waals surface area contributed by atoms with Crippen molar-refractivity contribution in [2.75, 3.05) is 11.9 Å². The summed E-state index contributed by atoms with van der Waals surface area (Å²) in [7, 11) is 0. The molecule has 0 saturated carbocycles. The second-order valence-corrected chi connectivity index (χ2v) is 7.35. The second kappa shape index (κ2) is 9.03. The summed E-state index contributed by atoms with van der Waals surface area (Å²) in [5, 5.41) is 10.2. The van der Waals surface area contributed by atoms with Crippen molar-refractivity contribution in [1.29, 1.82) is 0 Å². The fraction of sp³-hybridized carbons (Fsp3) is 0.0435. The first-order valence-electron chi connectivity index (χ1n) is 9.18. The van der Waals surface area contributed by atoms with Crippen molar-refractivity contribution in [3.8, 4) is 11.3 Å². The second-order valence-electron chi connectivity index (χ2n) is 6.54. The topological polar surface area (TPSA) is 66.6 Å². The van der Waals surface area contributed by atoms with Crippen molar-refractivity contribution in [2.45, 2.75) is 0 Å². The van der Waals surface area contributed by atoms with E-state index in [9.17, 15) is 4.79 Å². The molecule has 1 amide bonds. The third-order valence-electron chi connectivity index (χ3n) is 4.41. The fourth-order valence-corrected chi connectivity index (χ4v) is 3.21. The molecular weight excluding hydrogens is 421 g/mol. The summed E-state index contributed by atoms with van der Waals surface area (Å²) in [5.41, 5.74) is 4.14. The van der Waals surface area contributed by atoms with Crippen LogP contribution in [0.2, 0.25) is 10.0 Å². The van der Waals surface area contributed by atoms with E-state index in [0.29, 0.717) is 21.6 Å². The SMILES string of the molecule is O=C(CNc1ccc2ccccc2c1)N/N=C\c1ccc(-c2ccc(Cl)c(Cl)c2)o1. The molecule has 3 aromatic carbocycles. The van der Waals surface area contributed by atoms with E-state index in [-0.39, 0.29) is 12.5 Å². The van der Waals surface area contributed by atoms with E-state index in [4.69, 9.17) is 27.6 Å². The summed E-state index contributed by atoms with van der Waals surface area (Å²) in [5.74, 6) is 0.855. The van der Waals surface area contributed by atoms with Gasteiger partial charge >= 0.3 is 0 Å². The smallest absolute Gasteiger partial charge is 0.259 e. The van der Waals surface area contributed by atoms with Crippen LogP contribution in [-0.2, 0) is 4.79 Å². The van der Waals surface area contributed by atoms with Gasteiger partial charge in [0.2, 0.25) is 0 Å². The van der Waals surface area contributed by atoms with Gasteiger partial charge in [-0.15, -0.1) is 0 Å². The maximum absolute atomic E-state index is 12.0. The van der Waals surface area contributed by atoms with Gasteiger partial charge in [-0.25, -0.2) is 5.43 Å². The molecule has 0 atom stereocenters. The maximum atomic E-state index is 12.0. The van der Waals surface area contributed by atoms with E-state index in [2.05, 4.69) is 15.8 Å². The molecule has 150 valence electrons. The van der Waals surface area contributed by atoms with Crippen molar-refractivity contribution in [3.63, 3.8) is 0 Å². The number of anilines is 1. The number of hydrogen-bond donors (Lipinski definition) is 2. The molecular formula is C23H17Cl2N3O2. The number of halogens is 2. The van der Waals surface area contributed by atoms with Crippen molar-refractivity contribution in [1.82, 2.24) is 5.43 Å². The lowest BCUT2D eigenvalue weighted by molar-refractivity contribution is -0.119. The minimum atomic E-state index is -0.268. The molecule has 30 heavy (non-hydrogen) atoms. The molecule has 1 heterocycles. The zero-order valence-electron chi connectivity index (χ0n) is 15.7. The summed E-state index contributed by atoms with van der Waals surface area (Å²) in [4.78, 5) is 12.0. The van der Waals surface area contributed by atoms with Crippen LogP contribution in [0, 0.1) is 0 Å². The van der Waals surface area contributed by atoms with Gasteiger partial charge in [-0.1, -0.05) is 53.5 Å². The minimum Gasteiger partial charge on any atom is -0.455 e. The van der Waals surface area contributed by atoms with Crippen LogP contribution < -0.4 is 10.7 Å². The molecule has 0 aliphatic rings. The first-order chi connectivity index (χ1) is 14.6. The molecule has 0 unspecified atom stereocenters. The molecule has 0 saturated heterocycles. The predicted molar refractivity (Wildman–Crippen MR) is 122 cm³/mol. The first-order valence-corrected chi connectivity index (χ1v) is 9.94. The van der Waals surface area contributed by atoms with Crippen LogP contribution in [0.4, 0.5) is 5.69 Å². The van der Waals surface area contributed by atoms with Crippen LogP contribution in [-0.4, -0.2) is 18.7 Å². The van der Waals surface area contributed by atoms with E-state index in [0.717, 1.165) is 22.0 Å². The Morgan fingerprint density at radius 1 is 0.933 bits per heavy atom. The molecule has 1 aromatic heterocycles. The monoisotopic (exact) mass is 437 g/mol. The number of benzene rings is 3. The maximum Gasteiger partial charge on any atom is 0.259 e. The largest absolute Gasteiger partial charge is 0.455 e. The van der Waals surface area contributed by atoms with Crippen LogP contribution in [0.15, 0.2) is 82.3 Å². The van der Waals surface area contributed by atoms with Crippen molar-refractivity contribution < 1.29 is 9.21 Å². The predicted octanol–water partition coefficient (Wildman–Crippen LogP) is 5.97. The van der Waals surface area contributed by atoms with Gasteiger partial charge in [0.25, 0.3) is 5.91 Å². The first kappa shape index (κ1) is 20.0. The number of nitrogens with one attached hydrogen (secondary N) is 2.